The highest BCUT2D eigenvalue weighted by Gasteiger charge is 2.20. The number of carbonyl (C=O) groups is 1. The fourth-order valence-corrected chi connectivity index (χ4v) is 3.99. The maximum Gasteiger partial charge on any atom is 0.407 e. The molecule has 2 aromatic carbocycles. The van der Waals surface area contributed by atoms with Gasteiger partial charge in [-0.15, -0.1) is 5.92 Å². The first kappa shape index (κ1) is 25.2. The van der Waals surface area contributed by atoms with Crippen LogP contribution < -0.4 is 10.2 Å². The highest BCUT2D eigenvalue weighted by atomic mass is 32.2. The van der Waals surface area contributed by atoms with Gasteiger partial charge in [0.15, 0.2) is 0 Å². The average Bonchev–Trinajstić information content (AvgIpc) is 2.79. The number of alkyl carbamates (subject to hydrolysis) is 1. The summed E-state index contributed by atoms with van der Waals surface area (Å²) in [5.41, 5.74) is 1.74. The number of amides is 1. The molecule has 0 spiro atoms. The molecule has 7 nitrogen and oxygen atoms in total. The van der Waals surface area contributed by atoms with Gasteiger partial charge in [-0.1, -0.05) is 43.2 Å². The van der Waals surface area contributed by atoms with E-state index in [-0.39, 0.29) is 24.1 Å². The first-order valence-electron chi connectivity index (χ1n) is 10.5. The topological polar surface area (TPSA) is 79.0 Å². The molecule has 172 valence electrons. The van der Waals surface area contributed by atoms with Crippen molar-refractivity contribution in [2.24, 2.45) is 0 Å². The minimum Gasteiger partial charge on any atom is -0.445 e. The van der Waals surface area contributed by atoms with Crippen molar-refractivity contribution >= 4 is 21.8 Å². The van der Waals surface area contributed by atoms with Gasteiger partial charge in [0.2, 0.25) is 10.0 Å². The minimum atomic E-state index is -3.50. The van der Waals surface area contributed by atoms with E-state index < -0.39 is 16.1 Å². The minimum absolute atomic E-state index is 0.192. The number of carbonyl (C=O) groups excluding carboxylic acids is 1. The molecule has 0 fully saturated rings. The quantitative estimate of drug-likeness (QED) is 0.553. The summed E-state index contributed by atoms with van der Waals surface area (Å²) < 4.78 is 31.2. The van der Waals surface area contributed by atoms with Crippen LogP contribution in [0.2, 0.25) is 0 Å². The Morgan fingerprint density at radius 2 is 1.75 bits per heavy atom. The Balaban J connectivity index is 2.10. The van der Waals surface area contributed by atoms with E-state index in [1.54, 1.807) is 31.2 Å². The molecule has 2 aromatic rings. The first-order chi connectivity index (χ1) is 15.3. The Kier molecular flexibility index (Phi) is 9.57. The maximum absolute atomic E-state index is 12.3. The predicted molar refractivity (Wildman–Crippen MR) is 127 cm³/mol. The Morgan fingerprint density at radius 3 is 2.31 bits per heavy atom. The SMILES string of the molecule is CC#CC(CNC(=O)OCc1ccccc1)N(CCC)c1ccc(S(=O)(=O)N(C)C)cc1. The third-order valence-corrected chi connectivity index (χ3v) is 6.58. The number of nitrogens with zero attached hydrogens (tertiary/aromatic N) is 2. The van der Waals surface area contributed by atoms with E-state index in [4.69, 9.17) is 4.74 Å². The number of sulfonamides is 1. The number of nitrogens with one attached hydrogen (secondary N) is 1. The number of hydrogen-bond donors (Lipinski definition) is 1. The summed E-state index contributed by atoms with van der Waals surface area (Å²) in [4.78, 5) is 14.5. The molecule has 0 aliphatic carbocycles. The zero-order chi connectivity index (χ0) is 23.6. The van der Waals surface area contributed by atoms with Gasteiger partial charge >= 0.3 is 6.09 Å². The van der Waals surface area contributed by atoms with Crippen LogP contribution in [0, 0.1) is 11.8 Å². The lowest BCUT2D eigenvalue weighted by atomic mass is 10.2. The number of rotatable bonds is 10. The third-order valence-electron chi connectivity index (χ3n) is 4.75. The summed E-state index contributed by atoms with van der Waals surface area (Å²) in [5, 5.41) is 2.79. The maximum atomic E-state index is 12.3. The molecular formula is C24H31N3O4S. The van der Waals surface area contributed by atoms with Crippen molar-refractivity contribution in [3.05, 3.63) is 60.2 Å². The number of benzene rings is 2. The molecule has 0 aliphatic heterocycles. The van der Waals surface area contributed by atoms with Crippen LogP contribution in [-0.2, 0) is 21.4 Å². The fourth-order valence-electron chi connectivity index (χ4n) is 3.09. The van der Waals surface area contributed by atoms with Gasteiger partial charge in [-0.2, -0.15) is 0 Å². The summed E-state index contributed by atoms with van der Waals surface area (Å²) in [6.07, 6.45) is 0.346. The first-order valence-corrected chi connectivity index (χ1v) is 11.9. The fraction of sp³-hybridized carbons (Fsp3) is 0.375. The Labute approximate surface area is 191 Å². The van der Waals surface area contributed by atoms with Crippen molar-refractivity contribution in [2.45, 2.75) is 37.8 Å². The van der Waals surface area contributed by atoms with Gasteiger partial charge < -0.3 is 15.0 Å². The van der Waals surface area contributed by atoms with Crippen LogP contribution in [0.1, 0.15) is 25.8 Å². The largest absolute Gasteiger partial charge is 0.445 e. The van der Waals surface area contributed by atoms with E-state index in [9.17, 15) is 13.2 Å². The lowest BCUT2D eigenvalue weighted by Crippen LogP contribution is -2.44. The molecule has 0 saturated carbocycles. The monoisotopic (exact) mass is 457 g/mol. The van der Waals surface area contributed by atoms with Gasteiger partial charge in [0, 0.05) is 26.3 Å². The van der Waals surface area contributed by atoms with Crippen molar-refractivity contribution in [3.63, 3.8) is 0 Å². The van der Waals surface area contributed by atoms with E-state index in [0.29, 0.717) is 6.54 Å². The Bertz CT molecular complexity index is 1030. The second kappa shape index (κ2) is 12.1. The van der Waals surface area contributed by atoms with Gasteiger partial charge in [0.1, 0.15) is 12.6 Å². The smallest absolute Gasteiger partial charge is 0.407 e. The highest BCUT2D eigenvalue weighted by molar-refractivity contribution is 7.89. The molecule has 1 amide bonds. The second-order valence-electron chi connectivity index (χ2n) is 7.33. The highest BCUT2D eigenvalue weighted by Crippen LogP contribution is 2.22. The average molecular weight is 458 g/mol. The van der Waals surface area contributed by atoms with Crippen molar-refractivity contribution < 1.29 is 17.9 Å². The van der Waals surface area contributed by atoms with Crippen molar-refractivity contribution in [1.82, 2.24) is 9.62 Å². The molecule has 32 heavy (non-hydrogen) atoms. The molecule has 8 heteroatoms. The van der Waals surface area contributed by atoms with Gasteiger partial charge in [0.25, 0.3) is 0 Å². The van der Waals surface area contributed by atoms with Gasteiger partial charge in [-0.05, 0) is 43.2 Å². The molecule has 1 atom stereocenters. The predicted octanol–water partition coefficient (Wildman–Crippen LogP) is 3.47. The molecule has 0 bridgehead atoms. The standard InChI is InChI=1S/C24H31N3O4S/c1-5-10-22(18-25-24(28)31-19-20-11-8-7-9-12-20)27(17-6-2)21-13-15-23(16-14-21)32(29,30)26(3)4/h7-9,11-16,22H,6,17-19H2,1-4H3,(H,25,28). The van der Waals surface area contributed by atoms with E-state index >= 15 is 0 Å². The van der Waals surface area contributed by atoms with Crippen LogP contribution in [-0.4, -0.2) is 52.0 Å². The van der Waals surface area contributed by atoms with Crippen LogP contribution in [0.15, 0.2) is 59.5 Å². The van der Waals surface area contributed by atoms with E-state index in [1.807, 2.05) is 30.3 Å². The summed E-state index contributed by atoms with van der Waals surface area (Å²) in [6, 6.07) is 15.9. The number of hydrogen-bond acceptors (Lipinski definition) is 5. The van der Waals surface area contributed by atoms with Crippen LogP contribution in [0.3, 0.4) is 0 Å². The van der Waals surface area contributed by atoms with Gasteiger partial charge in [-0.3, -0.25) is 0 Å². The van der Waals surface area contributed by atoms with Gasteiger partial charge in [0.05, 0.1) is 11.4 Å². The summed E-state index contributed by atoms with van der Waals surface area (Å²) in [7, 11) is -0.495. The Hall–Kier alpha value is -3.02. The van der Waals surface area contributed by atoms with Crippen LogP contribution in [0.25, 0.3) is 0 Å². The van der Waals surface area contributed by atoms with Crippen molar-refractivity contribution in [2.75, 3.05) is 32.1 Å². The molecule has 1 N–H and O–H groups in total. The summed E-state index contributed by atoms with van der Waals surface area (Å²) in [6.45, 7) is 4.96. The van der Waals surface area contributed by atoms with Crippen LogP contribution in [0.5, 0.6) is 0 Å². The van der Waals surface area contributed by atoms with Gasteiger partial charge in [-0.25, -0.2) is 17.5 Å². The third kappa shape index (κ3) is 7.01. The molecule has 0 saturated heterocycles. The zero-order valence-corrected chi connectivity index (χ0v) is 19.9. The summed E-state index contributed by atoms with van der Waals surface area (Å²) in [5.74, 6) is 6.06. The molecule has 0 aromatic heterocycles. The van der Waals surface area contributed by atoms with Crippen LogP contribution >= 0.6 is 0 Å². The zero-order valence-electron chi connectivity index (χ0n) is 19.0. The molecule has 2 rings (SSSR count). The molecular weight excluding hydrogens is 426 g/mol. The van der Waals surface area contributed by atoms with Crippen molar-refractivity contribution in [1.29, 1.82) is 0 Å². The number of ether oxygens (including phenoxy) is 1. The van der Waals surface area contributed by atoms with Crippen molar-refractivity contribution in [3.8, 4) is 11.8 Å². The molecule has 0 radical (unpaired) electrons. The van der Waals surface area contributed by atoms with Crippen LogP contribution in [0.4, 0.5) is 10.5 Å². The molecule has 0 heterocycles. The Morgan fingerprint density at radius 1 is 1.09 bits per heavy atom. The van der Waals surface area contributed by atoms with E-state index in [2.05, 4.69) is 29.0 Å². The second-order valence-corrected chi connectivity index (χ2v) is 9.48. The molecule has 0 aliphatic rings. The lowest BCUT2D eigenvalue weighted by molar-refractivity contribution is 0.139. The normalized spacial score (nSPS) is 11.9. The van der Waals surface area contributed by atoms with E-state index in [1.165, 1.54) is 18.4 Å². The molecule has 1 unspecified atom stereocenters. The number of anilines is 1. The van der Waals surface area contributed by atoms with E-state index in [0.717, 1.165) is 17.7 Å². The summed E-state index contributed by atoms with van der Waals surface area (Å²) >= 11 is 0. The lowest BCUT2D eigenvalue weighted by Gasteiger charge is -2.30.